The number of fused-ring (bicyclic) bond motifs is 1. The Labute approximate surface area is 116 Å². The number of halogens is 1. The first-order valence-corrected chi connectivity index (χ1v) is 6.62. The number of benzene rings is 1. The second-order valence-electron chi connectivity index (χ2n) is 4.83. The van der Waals surface area contributed by atoms with E-state index in [-0.39, 0.29) is 11.7 Å². The molecule has 19 heavy (non-hydrogen) atoms. The number of rotatable bonds is 1. The van der Waals surface area contributed by atoms with Crippen LogP contribution in [-0.4, -0.2) is 15.8 Å². The van der Waals surface area contributed by atoms with Crippen LogP contribution in [0.15, 0.2) is 30.6 Å². The first-order chi connectivity index (χ1) is 9.16. The van der Waals surface area contributed by atoms with Gasteiger partial charge in [0.15, 0.2) is 5.78 Å². The van der Waals surface area contributed by atoms with E-state index in [9.17, 15) is 4.79 Å². The van der Waals surface area contributed by atoms with Crippen molar-refractivity contribution in [2.24, 2.45) is 0 Å². The zero-order chi connectivity index (χ0) is 13.4. The molecule has 0 spiro atoms. The third-order valence-corrected chi connectivity index (χ3v) is 3.95. The van der Waals surface area contributed by atoms with Crippen LogP contribution in [0.2, 0.25) is 5.02 Å². The van der Waals surface area contributed by atoms with Crippen LogP contribution >= 0.6 is 11.6 Å². The quantitative estimate of drug-likeness (QED) is 0.799. The molecule has 1 aliphatic rings. The van der Waals surface area contributed by atoms with Crippen molar-refractivity contribution in [2.45, 2.75) is 25.7 Å². The summed E-state index contributed by atoms with van der Waals surface area (Å²) in [7, 11) is 0. The second kappa shape index (κ2) is 4.74. The molecule has 1 aromatic carbocycles. The van der Waals surface area contributed by atoms with Gasteiger partial charge in [-0.3, -0.25) is 4.79 Å². The second-order valence-corrected chi connectivity index (χ2v) is 5.24. The molecule has 3 rings (SSSR count). The van der Waals surface area contributed by atoms with E-state index in [2.05, 4.69) is 9.97 Å². The number of Topliss-reactive ketones (excluding diaryl/α,β-unsaturated/α-hetero) is 1. The minimum atomic E-state index is 0.114. The van der Waals surface area contributed by atoms with Crippen molar-refractivity contribution in [3.63, 3.8) is 0 Å². The van der Waals surface area contributed by atoms with Crippen molar-refractivity contribution in [1.82, 2.24) is 9.97 Å². The molecule has 1 atom stereocenters. The highest BCUT2D eigenvalue weighted by Gasteiger charge is 2.29. The van der Waals surface area contributed by atoms with E-state index >= 15 is 0 Å². The van der Waals surface area contributed by atoms with Crippen LogP contribution in [0.25, 0.3) is 0 Å². The van der Waals surface area contributed by atoms with Crippen LogP contribution in [0, 0.1) is 6.92 Å². The van der Waals surface area contributed by atoms with Crippen molar-refractivity contribution in [3.8, 4) is 0 Å². The van der Waals surface area contributed by atoms with E-state index < -0.39 is 0 Å². The Morgan fingerprint density at radius 2 is 2.00 bits per heavy atom. The van der Waals surface area contributed by atoms with E-state index in [1.54, 1.807) is 0 Å². The molecule has 1 aliphatic carbocycles. The number of nitrogens with zero attached hydrogens (tertiary/aromatic N) is 2. The van der Waals surface area contributed by atoms with Gasteiger partial charge in [0.05, 0.1) is 17.0 Å². The van der Waals surface area contributed by atoms with Gasteiger partial charge < -0.3 is 0 Å². The fourth-order valence-corrected chi connectivity index (χ4v) is 2.99. The van der Waals surface area contributed by atoms with Gasteiger partial charge in [0.25, 0.3) is 0 Å². The summed E-state index contributed by atoms with van der Waals surface area (Å²) in [4.78, 5) is 20.6. The summed E-state index contributed by atoms with van der Waals surface area (Å²) in [6.45, 7) is 1.86. The van der Waals surface area contributed by atoms with Crippen molar-refractivity contribution in [1.29, 1.82) is 0 Å². The Hall–Kier alpha value is -1.74. The summed E-state index contributed by atoms with van der Waals surface area (Å²) in [5.74, 6) is 0.229. The van der Waals surface area contributed by atoms with Gasteiger partial charge in [-0.1, -0.05) is 29.8 Å². The highest BCUT2D eigenvalue weighted by atomic mass is 35.5. The number of carbonyl (C=O) groups excluding carboxylic acids is 1. The largest absolute Gasteiger partial charge is 0.294 e. The normalized spacial score (nSPS) is 18.2. The van der Waals surface area contributed by atoms with Crippen LogP contribution in [0.4, 0.5) is 0 Å². The van der Waals surface area contributed by atoms with Crippen LogP contribution in [-0.2, 0) is 6.42 Å². The Morgan fingerprint density at radius 3 is 2.79 bits per heavy atom. The molecule has 0 bridgehead atoms. The fraction of sp³-hybridized carbons (Fsp3) is 0.267. The average Bonchev–Trinajstić information content (AvgIpc) is 2.39. The van der Waals surface area contributed by atoms with E-state index in [4.69, 9.17) is 11.6 Å². The molecule has 0 radical (unpaired) electrons. The molecule has 4 heteroatoms. The Bertz CT molecular complexity index is 654. The Kier molecular flexibility index (Phi) is 3.07. The molecule has 1 unspecified atom stereocenters. The molecule has 1 heterocycles. The molecule has 0 N–H and O–H groups in total. The maximum Gasteiger partial charge on any atom is 0.167 e. The Balaban J connectivity index is 2.03. The Morgan fingerprint density at radius 1 is 1.21 bits per heavy atom. The summed E-state index contributed by atoms with van der Waals surface area (Å²) in [5, 5.41) is 0.717. The maximum absolute atomic E-state index is 12.3. The van der Waals surface area contributed by atoms with E-state index in [0.717, 1.165) is 28.4 Å². The molecule has 0 saturated heterocycles. The van der Waals surface area contributed by atoms with E-state index in [0.29, 0.717) is 12.0 Å². The molecule has 2 aromatic rings. The van der Waals surface area contributed by atoms with Gasteiger partial charge in [-0.25, -0.2) is 9.97 Å². The number of hydrogen-bond acceptors (Lipinski definition) is 3. The number of aromatic nitrogens is 2. The average molecular weight is 273 g/mol. The van der Waals surface area contributed by atoms with Crippen LogP contribution in [0.5, 0.6) is 0 Å². The van der Waals surface area contributed by atoms with Crippen LogP contribution < -0.4 is 0 Å². The van der Waals surface area contributed by atoms with Crippen LogP contribution in [0.3, 0.4) is 0 Å². The van der Waals surface area contributed by atoms with Gasteiger partial charge in [0, 0.05) is 11.4 Å². The van der Waals surface area contributed by atoms with Gasteiger partial charge in [0.2, 0.25) is 0 Å². The lowest BCUT2D eigenvalue weighted by Crippen LogP contribution is -2.22. The lowest BCUT2D eigenvalue weighted by Gasteiger charge is -2.24. The zero-order valence-corrected chi connectivity index (χ0v) is 11.3. The predicted octanol–water partition coefficient (Wildman–Crippen LogP) is 3.35. The molecule has 1 aromatic heterocycles. The lowest BCUT2D eigenvalue weighted by molar-refractivity contribution is 0.0962. The third kappa shape index (κ3) is 2.15. The molecule has 3 nitrogen and oxygen atoms in total. The monoisotopic (exact) mass is 272 g/mol. The molecule has 0 saturated carbocycles. The summed E-state index contributed by atoms with van der Waals surface area (Å²) in [5.41, 5.74) is 3.34. The number of ketones is 1. The van der Waals surface area contributed by atoms with Crippen molar-refractivity contribution in [2.75, 3.05) is 0 Å². The highest BCUT2D eigenvalue weighted by Crippen LogP contribution is 2.35. The van der Waals surface area contributed by atoms with Gasteiger partial charge >= 0.3 is 0 Å². The molecule has 0 aliphatic heterocycles. The first-order valence-electron chi connectivity index (χ1n) is 6.25. The topological polar surface area (TPSA) is 42.9 Å². The summed E-state index contributed by atoms with van der Waals surface area (Å²) in [6, 6.07) is 7.70. The van der Waals surface area contributed by atoms with Gasteiger partial charge in [0.1, 0.15) is 6.33 Å². The number of aryl methyl sites for hydroxylation is 1. The van der Waals surface area contributed by atoms with E-state index in [1.165, 1.54) is 6.33 Å². The fourth-order valence-electron chi connectivity index (χ4n) is 2.70. The lowest BCUT2D eigenvalue weighted by atomic mass is 9.81. The van der Waals surface area contributed by atoms with E-state index in [1.807, 2.05) is 31.2 Å². The summed E-state index contributed by atoms with van der Waals surface area (Å²) in [6.07, 6.45) is 2.75. The number of carbonyl (C=O) groups is 1. The molecule has 0 amide bonds. The van der Waals surface area contributed by atoms with Crippen molar-refractivity contribution >= 4 is 17.4 Å². The van der Waals surface area contributed by atoms with Gasteiger partial charge in [-0.2, -0.15) is 0 Å². The van der Waals surface area contributed by atoms with Crippen molar-refractivity contribution in [3.05, 3.63) is 58.1 Å². The molecule has 96 valence electrons. The van der Waals surface area contributed by atoms with Gasteiger partial charge in [-0.05, 0) is 30.9 Å². The summed E-state index contributed by atoms with van der Waals surface area (Å²) >= 11 is 6.22. The summed E-state index contributed by atoms with van der Waals surface area (Å²) < 4.78 is 0. The minimum Gasteiger partial charge on any atom is -0.294 e. The maximum atomic E-state index is 12.3. The smallest absolute Gasteiger partial charge is 0.167 e. The third-order valence-electron chi connectivity index (χ3n) is 3.61. The van der Waals surface area contributed by atoms with Crippen LogP contribution in [0.1, 0.15) is 39.6 Å². The van der Waals surface area contributed by atoms with Crippen molar-refractivity contribution < 1.29 is 4.79 Å². The minimum absolute atomic E-state index is 0.114. The van der Waals surface area contributed by atoms with Gasteiger partial charge in [-0.15, -0.1) is 0 Å². The zero-order valence-electron chi connectivity index (χ0n) is 10.6. The highest BCUT2D eigenvalue weighted by molar-refractivity contribution is 6.31. The standard InChI is InChI=1S/C15H13ClN2O/c1-9-15-13(18-8-17-9)6-10(7-14(15)19)11-4-2-3-5-12(11)16/h2-5,8,10H,6-7H2,1H3. The molecule has 0 fully saturated rings. The first kappa shape index (κ1) is 12.3. The molecular weight excluding hydrogens is 260 g/mol. The molecular formula is C15H13ClN2O. The number of hydrogen-bond donors (Lipinski definition) is 0. The SMILES string of the molecule is Cc1ncnc2c1C(=O)CC(c1ccccc1Cl)C2. The predicted molar refractivity (Wildman–Crippen MR) is 73.6 cm³/mol.